The predicted octanol–water partition coefficient (Wildman–Crippen LogP) is 4.26. The average molecular weight is 361 g/mol. The highest BCUT2D eigenvalue weighted by atomic mass is 35.5. The highest BCUT2D eigenvalue weighted by Crippen LogP contribution is 2.26. The Morgan fingerprint density at radius 3 is 2.20 bits per heavy atom. The summed E-state index contributed by atoms with van der Waals surface area (Å²) < 4.78 is 5.08. The zero-order chi connectivity index (χ0) is 18.6. The molecule has 0 aliphatic rings. The number of nitrogens with one attached hydrogen (secondary N) is 2. The number of hydrogen-bond acceptors (Lipinski definition) is 3. The van der Waals surface area contributed by atoms with Gasteiger partial charge in [-0.2, -0.15) is 0 Å². The predicted molar refractivity (Wildman–Crippen MR) is 100 cm³/mol. The van der Waals surface area contributed by atoms with Gasteiger partial charge in [0.1, 0.15) is 11.2 Å². The van der Waals surface area contributed by atoms with Crippen molar-refractivity contribution < 1.29 is 14.3 Å². The molecule has 0 aromatic heterocycles. The Morgan fingerprint density at radius 2 is 1.60 bits per heavy atom. The van der Waals surface area contributed by atoms with Crippen LogP contribution >= 0.6 is 11.6 Å². The lowest BCUT2D eigenvalue weighted by atomic mass is 9.90. The normalized spacial score (nSPS) is 10.9. The van der Waals surface area contributed by atoms with Crippen LogP contribution in [0.2, 0.25) is 5.02 Å². The van der Waals surface area contributed by atoms with Gasteiger partial charge >= 0.3 is 0 Å². The van der Waals surface area contributed by atoms with E-state index in [9.17, 15) is 9.59 Å². The van der Waals surface area contributed by atoms with Gasteiger partial charge in [0.25, 0.3) is 0 Å². The van der Waals surface area contributed by atoms with Crippen molar-refractivity contribution in [3.8, 4) is 5.75 Å². The molecule has 0 fully saturated rings. The smallest absolute Gasteiger partial charge is 0.239 e. The van der Waals surface area contributed by atoms with Crippen molar-refractivity contribution in [2.24, 2.45) is 5.41 Å². The van der Waals surface area contributed by atoms with Gasteiger partial charge in [-0.15, -0.1) is 0 Å². The molecule has 0 radical (unpaired) electrons. The van der Waals surface area contributed by atoms with Crippen LogP contribution in [-0.4, -0.2) is 18.9 Å². The Kier molecular flexibility index (Phi) is 5.69. The molecule has 25 heavy (non-hydrogen) atoms. The largest absolute Gasteiger partial charge is 0.497 e. The SMILES string of the molecule is COc1ccc(NC(=O)C(C)(C)C(=O)Nc2cccc(Cl)c2C)cc1. The number of rotatable bonds is 5. The van der Waals surface area contributed by atoms with E-state index in [0.29, 0.717) is 22.1 Å². The molecule has 0 unspecified atom stereocenters. The Morgan fingerprint density at radius 1 is 1.00 bits per heavy atom. The second-order valence-electron chi connectivity index (χ2n) is 6.17. The number of hydrogen-bond donors (Lipinski definition) is 2. The molecule has 2 N–H and O–H groups in total. The van der Waals surface area contributed by atoms with Gasteiger partial charge in [-0.1, -0.05) is 17.7 Å². The van der Waals surface area contributed by atoms with Crippen LogP contribution in [0.15, 0.2) is 42.5 Å². The number of benzene rings is 2. The quantitative estimate of drug-likeness (QED) is 0.783. The summed E-state index contributed by atoms with van der Waals surface area (Å²) in [6, 6.07) is 12.1. The lowest BCUT2D eigenvalue weighted by Gasteiger charge is -2.23. The summed E-state index contributed by atoms with van der Waals surface area (Å²) in [7, 11) is 1.57. The monoisotopic (exact) mass is 360 g/mol. The molecule has 0 atom stereocenters. The van der Waals surface area contributed by atoms with Gasteiger partial charge in [-0.3, -0.25) is 9.59 Å². The zero-order valence-electron chi connectivity index (χ0n) is 14.6. The van der Waals surface area contributed by atoms with E-state index < -0.39 is 17.2 Å². The minimum atomic E-state index is -1.27. The van der Waals surface area contributed by atoms with Crippen molar-refractivity contribution in [2.45, 2.75) is 20.8 Å². The fourth-order valence-electron chi connectivity index (χ4n) is 2.09. The molecule has 2 aromatic rings. The van der Waals surface area contributed by atoms with Crippen LogP contribution in [0.25, 0.3) is 0 Å². The first kappa shape index (κ1) is 18.8. The zero-order valence-corrected chi connectivity index (χ0v) is 15.4. The molecule has 0 spiro atoms. The third-order valence-corrected chi connectivity index (χ3v) is 4.41. The Hall–Kier alpha value is -2.53. The van der Waals surface area contributed by atoms with Crippen LogP contribution in [0.3, 0.4) is 0 Å². The van der Waals surface area contributed by atoms with E-state index >= 15 is 0 Å². The number of anilines is 2. The molecular formula is C19H21ClN2O3. The molecule has 0 heterocycles. The summed E-state index contributed by atoms with van der Waals surface area (Å²) in [4.78, 5) is 25.1. The Balaban J connectivity index is 2.11. The van der Waals surface area contributed by atoms with E-state index in [1.807, 2.05) is 6.92 Å². The summed E-state index contributed by atoms with van der Waals surface area (Å²) in [6.07, 6.45) is 0. The second-order valence-corrected chi connectivity index (χ2v) is 6.58. The molecule has 0 saturated heterocycles. The van der Waals surface area contributed by atoms with Gasteiger partial charge in [0.15, 0.2) is 0 Å². The molecule has 0 aliphatic carbocycles. The number of amides is 2. The van der Waals surface area contributed by atoms with E-state index in [4.69, 9.17) is 16.3 Å². The Bertz CT molecular complexity index is 786. The topological polar surface area (TPSA) is 67.4 Å². The van der Waals surface area contributed by atoms with Crippen LogP contribution in [0.1, 0.15) is 19.4 Å². The third-order valence-electron chi connectivity index (χ3n) is 4.00. The number of carbonyl (C=O) groups is 2. The fourth-order valence-corrected chi connectivity index (χ4v) is 2.26. The maximum atomic E-state index is 12.6. The maximum Gasteiger partial charge on any atom is 0.239 e. The van der Waals surface area contributed by atoms with Crippen LogP contribution in [0, 0.1) is 12.3 Å². The van der Waals surface area contributed by atoms with Crippen molar-refractivity contribution >= 4 is 34.8 Å². The van der Waals surface area contributed by atoms with Gasteiger partial charge in [0.05, 0.1) is 7.11 Å². The van der Waals surface area contributed by atoms with Crippen LogP contribution in [-0.2, 0) is 9.59 Å². The minimum absolute atomic E-state index is 0.408. The van der Waals surface area contributed by atoms with Gasteiger partial charge in [-0.05, 0) is 62.7 Å². The highest BCUT2D eigenvalue weighted by Gasteiger charge is 2.36. The molecule has 6 heteroatoms. The highest BCUT2D eigenvalue weighted by molar-refractivity contribution is 6.31. The molecule has 132 valence electrons. The van der Waals surface area contributed by atoms with E-state index in [1.165, 1.54) is 0 Å². The van der Waals surface area contributed by atoms with E-state index in [1.54, 1.807) is 63.4 Å². The molecule has 2 aromatic carbocycles. The summed E-state index contributed by atoms with van der Waals surface area (Å²) in [5.41, 5.74) is 0.659. The number of methoxy groups -OCH3 is 1. The fraction of sp³-hybridized carbons (Fsp3) is 0.263. The second kappa shape index (κ2) is 7.57. The number of halogens is 1. The molecular weight excluding hydrogens is 340 g/mol. The average Bonchev–Trinajstić information content (AvgIpc) is 2.59. The van der Waals surface area contributed by atoms with E-state index in [-0.39, 0.29) is 0 Å². The van der Waals surface area contributed by atoms with E-state index in [2.05, 4.69) is 10.6 Å². The molecule has 2 rings (SSSR count). The summed E-state index contributed by atoms with van der Waals surface area (Å²) >= 11 is 6.07. The molecule has 0 saturated carbocycles. The maximum absolute atomic E-state index is 12.6. The summed E-state index contributed by atoms with van der Waals surface area (Å²) in [5.74, 6) is -0.134. The van der Waals surface area contributed by atoms with Crippen LogP contribution in [0.5, 0.6) is 5.75 Å². The minimum Gasteiger partial charge on any atom is -0.497 e. The lowest BCUT2D eigenvalue weighted by Crippen LogP contribution is -2.41. The first-order chi connectivity index (χ1) is 11.8. The molecule has 0 bridgehead atoms. The number of carbonyl (C=O) groups excluding carboxylic acids is 2. The number of ether oxygens (including phenoxy) is 1. The van der Waals surface area contributed by atoms with Gasteiger partial charge in [0.2, 0.25) is 11.8 Å². The molecule has 2 amide bonds. The Labute approximate surface area is 152 Å². The molecule has 0 aliphatic heterocycles. The third kappa shape index (κ3) is 4.31. The van der Waals surface area contributed by atoms with Crippen molar-refractivity contribution in [3.05, 3.63) is 53.1 Å². The van der Waals surface area contributed by atoms with Gasteiger partial charge in [-0.25, -0.2) is 0 Å². The van der Waals surface area contributed by atoms with Crippen molar-refractivity contribution in [1.29, 1.82) is 0 Å². The van der Waals surface area contributed by atoms with Crippen LogP contribution < -0.4 is 15.4 Å². The summed E-state index contributed by atoms with van der Waals surface area (Å²) in [6.45, 7) is 4.95. The first-order valence-electron chi connectivity index (χ1n) is 7.77. The van der Waals surface area contributed by atoms with Gasteiger partial charge in [0, 0.05) is 16.4 Å². The van der Waals surface area contributed by atoms with Crippen LogP contribution in [0.4, 0.5) is 11.4 Å². The first-order valence-corrected chi connectivity index (χ1v) is 8.15. The summed E-state index contributed by atoms with van der Waals surface area (Å²) in [5, 5.41) is 6.07. The molecule has 5 nitrogen and oxygen atoms in total. The van der Waals surface area contributed by atoms with Crippen molar-refractivity contribution in [2.75, 3.05) is 17.7 Å². The lowest BCUT2D eigenvalue weighted by molar-refractivity contribution is -0.135. The van der Waals surface area contributed by atoms with Crippen molar-refractivity contribution in [3.63, 3.8) is 0 Å². The standard InChI is InChI=1S/C19H21ClN2O3/c1-12-15(20)6-5-7-16(12)22-18(24)19(2,3)17(23)21-13-8-10-14(25-4)11-9-13/h5-11H,1-4H3,(H,21,23)(H,22,24). The van der Waals surface area contributed by atoms with E-state index in [0.717, 1.165) is 5.56 Å². The van der Waals surface area contributed by atoms with Crippen molar-refractivity contribution in [1.82, 2.24) is 0 Å². The van der Waals surface area contributed by atoms with Gasteiger partial charge < -0.3 is 15.4 Å².